The van der Waals surface area contributed by atoms with Gasteiger partial charge >= 0.3 is 0 Å². The number of benzene rings is 2. The summed E-state index contributed by atoms with van der Waals surface area (Å²) in [7, 11) is 0. The number of aryl methyl sites for hydroxylation is 1. The molecular weight excluding hydrogens is 338 g/mol. The third kappa shape index (κ3) is 3.21. The van der Waals surface area contributed by atoms with Gasteiger partial charge in [-0.25, -0.2) is 8.78 Å². The van der Waals surface area contributed by atoms with E-state index in [0.29, 0.717) is 5.02 Å². The van der Waals surface area contributed by atoms with Crippen molar-refractivity contribution in [1.29, 1.82) is 0 Å². The highest BCUT2D eigenvalue weighted by Gasteiger charge is 2.11. The summed E-state index contributed by atoms with van der Waals surface area (Å²) in [5.74, 6) is -1.30. The lowest BCUT2D eigenvalue weighted by atomic mass is 10.1. The second-order valence-corrected chi connectivity index (χ2v) is 6.62. The molecule has 0 atom stereocenters. The highest BCUT2D eigenvalue weighted by molar-refractivity contribution is 7.21. The molecule has 0 aliphatic rings. The van der Waals surface area contributed by atoms with Crippen molar-refractivity contribution in [1.82, 2.24) is 0 Å². The van der Waals surface area contributed by atoms with E-state index in [1.807, 2.05) is 32.0 Å². The lowest BCUT2D eigenvalue weighted by Gasteiger charge is -2.04. The SMILES string of the molecule is C/C(=N/Nc1ccc(F)cc1F)c1sc2ccc(Cl)cc2c1C. The van der Waals surface area contributed by atoms with Crippen molar-refractivity contribution < 1.29 is 8.78 Å². The largest absolute Gasteiger partial charge is 0.275 e. The monoisotopic (exact) mass is 350 g/mol. The molecule has 3 rings (SSSR count). The summed E-state index contributed by atoms with van der Waals surface area (Å²) in [4.78, 5) is 0.997. The van der Waals surface area contributed by atoms with Crippen LogP contribution in [0, 0.1) is 18.6 Å². The maximum atomic E-state index is 13.6. The molecule has 2 nitrogen and oxygen atoms in total. The van der Waals surface area contributed by atoms with Crippen LogP contribution in [0.25, 0.3) is 10.1 Å². The Morgan fingerprint density at radius 2 is 1.96 bits per heavy atom. The van der Waals surface area contributed by atoms with Crippen LogP contribution in [0.4, 0.5) is 14.5 Å². The predicted molar refractivity (Wildman–Crippen MR) is 93.8 cm³/mol. The van der Waals surface area contributed by atoms with Gasteiger partial charge in [0.15, 0.2) is 5.82 Å². The number of nitrogens with zero attached hydrogens (tertiary/aromatic N) is 1. The fraction of sp³-hybridized carbons (Fsp3) is 0.118. The molecule has 0 amide bonds. The fourth-order valence-corrected chi connectivity index (χ4v) is 3.62. The van der Waals surface area contributed by atoms with Gasteiger partial charge in [0.25, 0.3) is 0 Å². The molecule has 0 unspecified atom stereocenters. The van der Waals surface area contributed by atoms with Crippen molar-refractivity contribution in [2.24, 2.45) is 5.10 Å². The van der Waals surface area contributed by atoms with E-state index in [0.717, 1.165) is 32.3 Å². The van der Waals surface area contributed by atoms with Gasteiger partial charge in [-0.2, -0.15) is 5.10 Å². The van der Waals surface area contributed by atoms with Crippen LogP contribution in [0.1, 0.15) is 17.4 Å². The fourth-order valence-electron chi connectivity index (χ4n) is 2.31. The number of fused-ring (bicyclic) bond motifs is 1. The first-order valence-corrected chi connectivity index (χ1v) is 8.09. The van der Waals surface area contributed by atoms with Crippen molar-refractivity contribution in [3.63, 3.8) is 0 Å². The molecule has 0 radical (unpaired) electrons. The number of hydrazone groups is 1. The van der Waals surface area contributed by atoms with Crippen molar-refractivity contribution in [2.75, 3.05) is 5.43 Å². The zero-order valence-electron chi connectivity index (χ0n) is 12.5. The molecule has 2 aromatic carbocycles. The molecule has 0 bridgehead atoms. The first-order chi connectivity index (χ1) is 11.0. The minimum Gasteiger partial charge on any atom is -0.275 e. The average molecular weight is 351 g/mol. The molecule has 6 heteroatoms. The van der Waals surface area contributed by atoms with Crippen LogP contribution in [0.3, 0.4) is 0 Å². The number of halogens is 3. The molecule has 0 saturated heterocycles. The van der Waals surface area contributed by atoms with Gasteiger partial charge < -0.3 is 0 Å². The van der Waals surface area contributed by atoms with Crippen LogP contribution in [0.2, 0.25) is 5.02 Å². The Morgan fingerprint density at radius 1 is 1.17 bits per heavy atom. The number of thiophene rings is 1. The zero-order valence-corrected chi connectivity index (χ0v) is 14.0. The third-order valence-electron chi connectivity index (χ3n) is 3.50. The minimum absolute atomic E-state index is 0.132. The van der Waals surface area contributed by atoms with Crippen LogP contribution in [0.5, 0.6) is 0 Å². The minimum atomic E-state index is -0.679. The molecule has 118 valence electrons. The Kier molecular flexibility index (Phi) is 4.33. The molecule has 1 N–H and O–H groups in total. The van der Waals surface area contributed by atoms with Gasteiger partial charge in [0.2, 0.25) is 0 Å². The van der Waals surface area contributed by atoms with E-state index in [4.69, 9.17) is 11.6 Å². The highest BCUT2D eigenvalue weighted by atomic mass is 35.5. The van der Waals surface area contributed by atoms with Gasteiger partial charge in [-0.15, -0.1) is 11.3 Å². The van der Waals surface area contributed by atoms with E-state index in [1.165, 1.54) is 12.1 Å². The van der Waals surface area contributed by atoms with Gasteiger partial charge in [-0.1, -0.05) is 11.6 Å². The van der Waals surface area contributed by atoms with E-state index in [1.54, 1.807) is 11.3 Å². The number of anilines is 1. The summed E-state index contributed by atoms with van der Waals surface area (Å²) < 4.78 is 27.6. The summed E-state index contributed by atoms with van der Waals surface area (Å²) in [6.07, 6.45) is 0. The zero-order chi connectivity index (χ0) is 16.6. The molecule has 1 heterocycles. The third-order valence-corrected chi connectivity index (χ3v) is 5.12. The molecule has 0 spiro atoms. The van der Waals surface area contributed by atoms with Crippen LogP contribution in [-0.2, 0) is 0 Å². The number of nitrogens with one attached hydrogen (secondary N) is 1. The second-order valence-electron chi connectivity index (χ2n) is 5.13. The van der Waals surface area contributed by atoms with Gasteiger partial charge in [0.05, 0.1) is 16.3 Å². The second kappa shape index (κ2) is 6.26. The van der Waals surface area contributed by atoms with Gasteiger partial charge in [0, 0.05) is 15.8 Å². The quantitative estimate of drug-likeness (QED) is 0.456. The Hall–Kier alpha value is -1.98. The molecule has 0 aliphatic heterocycles. The standard InChI is InChI=1S/C17H13ClF2N2S/c1-9-13-7-11(18)3-6-16(13)23-17(9)10(2)21-22-15-5-4-12(19)8-14(15)20/h3-8,22H,1-2H3/b21-10-. The van der Waals surface area contributed by atoms with Crippen molar-refractivity contribution in [3.05, 3.63) is 63.5 Å². The topological polar surface area (TPSA) is 24.4 Å². The highest BCUT2D eigenvalue weighted by Crippen LogP contribution is 2.33. The molecule has 0 aliphatic carbocycles. The van der Waals surface area contributed by atoms with Gasteiger partial charge in [-0.3, -0.25) is 5.43 Å². The Balaban J connectivity index is 1.93. The van der Waals surface area contributed by atoms with Crippen molar-refractivity contribution in [3.8, 4) is 0 Å². The van der Waals surface area contributed by atoms with E-state index >= 15 is 0 Å². The Morgan fingerprint density at radius 3 is 2.70 bits per heavy atom. The number of hydrogen-bond acceptors (Lipinski definition) is 3. The number of rotatable bonds is 3. The van der Waals surface area contributed by atoms with E-state index in [9.17, 15) is 8.78 Å². The first kappa shape index (κ1) is 15.9. The molecule has 3 aromatic rings. The van der Waals surface area contributed by atoms with Crippen LogP contribution < -0.4 is 5.43 Å². The lowest BCUT2D eigenvalue weighted by Crippen LogP contribution is -2.00. The Labute approximate surface area is 141 Å². The van der Waals surface area contributed by atoms with Crippen molar-refractivity contribution in [2.45, 2.75) is 13.8 Å². The molecule has 0 saturated carbocycles. The van der Waals surface area contributed by atoms with E-state index < -0.39 is 11.6 Å². The molecular formula is C17H13ClF2N2S. The smallest absolute Gasteiger partial charge is 0.151 e. The summed E-state index contributed by atoms with van der Waals surface area (Å²) in [6.45, 7) is 3.84. The summed E-state index contributed by atoms with van der Waals surface area (Å²) >= 11 is 7.64. The first-order valence-electron chi connectivity index (χ1n) is 6.90. The van der Waals surface area contributed by atoms with Crippen molar-refractivity contribution >= 4 is 44.4 Å². The predicted octanol–water partition coefficient (Wildman–Crippen LogP) is 5.98. The molecule has 23 heavy (non-hydrogen) atoms. The van der Waals surface area contributed by atoms with Crippen LogP contribution in [0.15, 0.2) is 41.5 Å². The van der Waals surface area contributed by atoms with Crippen LogP contribution >= 0.6 is 22.9 Å². The number of hydrogen-bond donors (Lipinski definition) is 1. The normalized spacial score (nSPS) is 12.0. The summed E-state index contributed by atoms with van der Waals surface area (Å²) in [6, 6.07) is 9.07. The average Bonchev–Trinajstić information content (AvgIpc) is 2.83. The van der Waals surface area contributed by atoms with Crippen LogP contribution in [-0.4, -0.2) is 5.71 Å². The molecule has 0 fully saturated rings. The molecule has 1 aromatic heterocycles. The maximum absolute atomic E-state index is 13.6. The summed E-state index contributed by atoms with van der Waals surface area (Å²) in [5.41, 5.74) is 4.58. The lowest BCUT2D eigenvalue weighted by molar-refractivity contribution is 0.585. The van der Waals surface area contributed by atoms with E-state index in [2.05, 4.69) is 10.5 Å². The van der Waals surface area contributed by atoms with Gasteiger partial charge in [0.1, 0.15) is 5.82 Å². The maximum Gasteiger partial charge on any atom is 0.151 e. The van der Waals surface area contributed by atoms with E-state index in [-0.39, 0.29) is 5.69 Å². The van der Waals surface area contributed by atoms with Gasteiger partial charge in [-0.05, 0) is 55.1 Å². The summed E-state index contributed by atoms with van der Waals surface area (Å²) in [5, 5.41) is 5.98. The Bertz CT molecular complexity index is 918.